The predicted molar refractivity (Wildman–Crippen MR) is 39.9 cm³/mol. The number of hydrogen-bond donors (Lipinski definition) is 0. The summed E-state index contributed by atoms with van der Waals surface area (Å²) in [7, 11) is 0. The normalized spacial score (nSPS) is 16.2. The molecule has 0 aromatic rings. The first-order valence-corrected chi connectivity index (χ1v) is 4.32. The van der Waals surface area contributed by atoms with Gasteiger partial charge in [-0.25, -0.2) is 4.21 Å². The van der Waals surface area contributed by atoms with Crippen LogP contribution in [0.25, 0.3) is 0 Å². The van der Waals surface area contributed by atoms with E-state index in [1.807, 2.05) is 0 Å². The van der Waals surface area contributed by atoms with Crippen LogP contribution in [0, 0.1) is 0 Å². The van der Waals surface area contributed by atoms with Crippen molar-refractivity contribution < 1.29 is 21.6 Å². The molecule has 0 heterocycles. The summed E-state index contributed by atoms with van der Waals surface area (Å²) in [6.45, 7) is 3.16. The monoisotopic (exact) mass is 204 g/mol. The third-order valence-corrected chi connectivity index (χ3v) is 2.16. The summed E-state index contributed by atoms with van der Waals surface area (Å²) in [6.07, 6.45) is -4.42. The van der Waals surface area contributed by atoms with E-state index >= 15 is 0 Å². The first kappa shape index (κ1) is 11.9. The summed E-state index contributed by atoms with van der Waals surface area (Å²) in [4.78, 5) is 0. The van der Waals surface area contributed by atoms with Crippen LogP contribution in [0.15, 0.2) is 0 Å². The second-order valence-corrected chi connectivity index (χ2v) is 5.15. The number of halogens is 3. The molecule has 0 bridgehead atoms. The van der Waals surface area contributed by atoms with Gasteiger partial charge in [0.2, 0.25) is 0 Å². The minimum absolute atomic E-state index is 0.773. The zero-order valence-corrected chi connectivity index (χ0v) is 7.88. The molecule has 0 N–H and O–H groups in total. The average Bonchev–Trinajstić information content (AvgIpc) is 1.78. The van der Waals surface area contributed by atoms with Gasteiger partial charge in [0, 0.05) is 0 Å². The Balaban J connectivity index is 3.90. The topological polar surface area (TPSA) is 26.3 Å². The number of rotatable bonds is 2. The van der Waals surface area contributed by atoms with Gasteiger partial charge in [-0.05, 0) is 20.8 Å². The van der Waals surface area contributed by atoms with Gasteiger partial charge < -0.3 is 0 Å². The lowest BCUT2D eigenvalue weighted by atomic mass is 10.3. The third-order valence-electron chi connectivity index (χ3n) is 0.830. The number of alkyl halides is 3. The Morgan fingerprint density at radius 2 is 1.67 bits per heavy atom. The molecule has 12 heavy (non-hydrogen) atoms. The Bertz CT molecular complexity index is 171. The van der Waals surface area contributed by atoms with Gasteiger partial charge in [0.15, 0.2) is 17.7 Å². The first-order chi connectivity index (χ1) is 5.13. The largest absolute Gasteiger partial charge is 0.413 e. The van der Waals surface area contributed by atoms with Crippen LogP contribution >= 0.6 is 0 Å². The number of hydrogen-bond acceptors (Lipinski definition) is 2. The molecule has 0 rings (SSSR count). The lowest BCUT2D eigenvalue weighted by Gasteiger charge is -2.17. The minimum Gasteiger partial charge on any atom is -0.281 e. The van der Waals surface area contributed by atoms with Crippen molar-refractivity contribution in [3.05, 3.63) is 0 Å². The Morgan fingerprint density at radius 3 is 1.92 bits per heavy atom. The van der Waals surface area contributed by atoms with E-state index in [9.17, 15) is 17.4 Å². The van der Waals surface area contributed by atoms with E-state index in [1.54, 1.807) is 20.8 Å². The van der Waals surface area contributed by atoms with Crippen molar-refractivity contribution in [1.29, 1.82) is 0 Å². The maximum Gasteiger partial charge on any atom is 0.413 e. The third kappa shape index (κ3) is 5.54. The maximum atomic E-state index is 11.5. The molecule has 0 fully saturated rings. The van der Waals surface area contributed by atoms with Crippen molar-refractivity contribution in [1.82, 2.24) is 0 Å². The van der Waals surface area contributed by atoms with Gasteiger partial charge in [-0.3, -0.25) is 4.18 Å². The maximum absolute atomic E-state index is 11.5. The fourth-order valence-electron chi connectivity index (χ4n) is 0.297. The summed E-state index contributed by atoms with van der Waals surface area (Å²) < 4.78 is 48.9. The van der Waals surface area contributed by atoms with Gasteiger partial charge in [0.1, 0.15) is 0 Å². The molecule has 1 unspecified atom stereocenters. The van der Waals surface area contributed by atoms with E-state index in [1.165, 1.54) is 0 Å². The van der Waals surface area contributed by atoms with Crippen molar-refractivity contribution in [3.8, 4) is 0 Å². The zero-order valence-electron chi connectivity index (χ0n) is 7.07. The Hall–Kier alpha value is -0.100. The van der Waals surface area contributed by atoms with Crippen molar-refractivity contribution in [3.63, 3.8) is 0 Å². The highest BCUT2D eigenvalue weighted by molar-refractivity contribution is 7.81. The molecule has 0 saturated heterocycles. The van der Waals surface area contributed by atoms with Crippen molar-refractivity contribution in [2.24, 2.45) is 0 Å². The standard InChI is InChI=1S/C6H11F3O2S/c1-5(2,3)12(10)11-4-6(7,8)9/h4H2,1-3H3. The lowest BCUT2D eigenvalue weighted by molar-refractivity contribution is -0.151. The highest BCUT2D eigenvalue weighted by Gasteiger charge is 2.31. The zero-order chi connectivity index (χ0) is 9.99. The quantitative estimate of drug-likeness (QED) is 0.688. The molecule has 0 aromatic heterocycles. The van der Waals surface area contributed by atoms with Crippen LogP contribution in [0.1, 0.15) is 20.8 Å². The molecule has 0 amide bonds. The molecule has 1 atom stereocenters. The van der Waals surface area contributed by atoms with Gasteiger partial charge in [-0.2, -0.15) is 13.2 Å². The summed E-state index contributed by atoms with van der Waals surface area (Å²) in [5.41, 5.74) is 0. The molecule has 0 aromatic carbocycles. The van der Waals surface area contributed by atoms with Crippen LogP contribution < -0.4 is 0 Å². The van der Waals surface area contributed by atoms with Crippen molar-refractivity contribution in [2.75, 3.05) is 6.61 Å². The van der Waals surface area contributed by atoms with Crippen LogP contribution in [0.4, 0.5) is 13.2 Å². The second-order valence-electron chi connectivity index (χ2n) is 3.22. The molecule has 0 aliphatic carbocycles. The smallest absolute Gasteiger partial charge is 0.281 e. The molecule has 0 spiro atoms. The van der Waals surface area contributed by atoms with E-state index < -0.39 is 28.6 Å². The molecular formula is C6H11F3O2S. The van der Waals surface area contributed by atoms with E-state index in [0.717, 1.165) is 0 Å². The van der Waals surface area contributed by atoms with Crippen LogP contribution in [-0.4, -0.2) is 21.7 Å². The fourth-order valence-corrected chi connectivity index (χ4v) is 0.891. The van der Waals surface area contributed by atoms with Crippen molar-refractivity contribution >= 4 is 11.1 Å². The molecular weight excluding hydrogens is 193 g/mol. The summed E-state index contributed by atoms with van der Waals surface area (Å²) in [5, 5.41) is 0. The molecule has 0 saturated carbocycles. The summed E-state index contributed by atoms with van der Waals surface area (Å²) in [5.74, 6) is 0. The lowest BCUT2D eigenvalue weighted by Crippen LogP contribution is -2.27. The van der Waals surface area contributed by atoms with Crippen molar-refractivity contribution in [2.45, 2.75) is 31.7 Å². The SMILES string of the molecule is CC(C)(C)S(=O)OCC(F)(F)F. The van der Waals surface area contributed by atoms with Crippen LogP contribution in [-0.2, 0) is 15.3 Å². The molecule has 74 valence electrons. The minimum atomic E-state index is -4.42. The van der Waals surface area contributed by atoms with E-state index in [0.29, 0.717) is 0 Å². The van der Waals surface area contributed by atoms with Crippen LogP contribution in [0.2, 0.25) is 0 Å². The first-order valence-electron chi connectivity index (χ1n) is 3.25. The molecule has 0 aliphatic heterocycles. The van der Waals surface area contributed by atoms with E-state index in [4.69, 9.17) is 0 Å². The van der Waals surface area contributed by atoms with Gasteiger partial charge >= 0.3 is 6.18 Å². The summed E-state index contributed by atoms with van der Waals surface area (Å²) in [6, 6.07) is 0. The van der Waals surface area contributed by atoms with Gasteiger partial charge in [-0.1, -0.05) is 0 Å². The Labute approximate surface area is 71.8 Å². The van der Waals surface area contributed by atoms with Gasteiger partial charge in [-0.15, -0.1) is 0 Å². The molecule has 6 heteroatoms. The van der Waals surface area contributed by atoms with E-state index in [-0.39, 0.29) is 0 Å². The van der Waals surface area contributed by atoms with Gasteiger partial charge in [0.25, 0.3) is 0 Å². The molecule has 0 radical (unpaired) electrons. The highest BCUT2D eigenvalue weighted by atomic mass is 32.2. The average molecular weight is 204 g/mol. The predicted octanol–water partition coefficient (Wildman–Crippen LogP) is 2.03. The van der Waals surface area contributed by atoms with Crippen LogP contribution in [0.5, 0.6) is 0 Å². The molecule has 0 aliphatic rings. The Kier molecular flexibility index (Phi) is 3.71. The molecule has 2 nitrogen and oxygen atoms in total. The second kappa shape index (κ2) is 3.74. The fraction of sp³-hybridized carbons (Fsp3) is 1.00. The highest BCUT2D eigenvalue weighted by Crippen LogP contribution is 2.19. The summed E-state index contributed by atoms with van der Waals surface area (Å²) >= 11 is -1.90. The Morgan fingerprint density at radius 1 is 1.25 bits per heavy atom. The van der Waals surface area contributed by atoms with Crippen LogP contribution in [0.3, 0.4) is 0 Å². The van der Waals surface area contributed by atoms with Gasteiger partial charge in [0.05, 0.1) is 4.75 Å². The van der Waals surface area contributed by atoms with E-state index in [2.05, 4.69) is 4.18 Å².